The maximum atomic E-state index is 13.0. The third-order valence-corrected chi connectivity index (χ3v) is 5.03. The van der Waals surface area contributed by atoms with Crippen molar-refractivity contribution in [1.82, 2.24) is 9.88 Å². The number of carbonyl (C=O) groups is 2. The van der Waals surface area contributed by atoms with E-state index in [1.54, 1.807) is 12.1 Å². The maximum Gasteiger partial charge on any atom is 0.275 e. The van der Waals surface area contributed by atoms with Gasteiger partial charge in [-0.05, 0) is 44.0 Å². The van der Waals surface area contributed by atoms with Crippen LogP contribution >= 0.6 is 0 Å². The summed E-state index contributed by atoms with van der Waals surface area (Å²) >= 11 is 0. The SMILES string of the molecule is Cc1cc(C(=O)C[NH+]2CCNC(=O)C2)c(C)n1CCc1ccc(F)cc1. The third kappa shape index (κ3) is 4.19. The minimum Gasteiger partial charge on any atom is -0.348 e. The second kappa shape index (κ2) is 7.83. The Morgan fingerprint density at radius 2 is 2.00 bits per heavy atom. The van der Waals surface area contributed by atoms with Crippen LogP contribution in [0.4, 0.5) is 4.39 Å². The van der Waals surface area contributed by atoms with Crippen LogP contribution in [0.15, 0.2) is 30.3 Å². The Kier molecular flexibility index (Phi) is 5.52. The number of amides is 1. The second-order valence-electron chi connectivity index (χ2n) is 6.94. The molecule has 138 valence electrons. The monoisotopic (exact) mass is 358 g/mol. The Bertz CT molecular complexity index is 811. The van der Waals surface area contributed by atoms with Crippen LogP contribution in [-0.4, -0.2) is 42.4 Å². The van der Waals surface area contributed by atoms with E-state index < -0.39 is 0 Å². The van der Waals surface area contributed by atoms with Crippen LogP contribution in [0.5, 0.6) is 0 Å². The van der Waals surface area contributed by atoms with Gasteiger partial charge in [0, 0.05) is 23.5 Å². The van der Waals surface area contributed by atoms with Crippen LogP contribution in [0, 0.1) is 19.7 Å². The van der Waals surface area contributed by atoms with E-state index in [2.05, 4.69) is 9.88 Å². The standard InChI is InChI=1S/C20H24FN3O2/c1-14-11-18(19(25)12-23-10-8-22-20(26)13-23)15(2)24(14)9-7-16-3-5-17(21)6-4-16/h3-6,11H,7-10,12-13H2,1-2H3,(H,22,26)/p+1. The van der Waals surface area contributed by atoms with Gasteiger partial charge in [-0.25, -0.2) is 4.39 Å². The molecule has 1 aliphatic rings. The number of ketones is 1. The zero-order valence-corrected chi connectivity index (χ0v) is 15.3. The molecule has 1 amide bonds. The lowest BCUT2D eigenvalue weighted by Gasteiger charge is -2.22. The van der Waals surface area contributed by atoms with Crippen LogP contribution in [0.2, 0.25) is 0 Å². The van der Waals surface area contributed by atoms with E-state index >= 15 is 0 Å². The number of piperazine rings is 1. The Morgan fingerprint density at radius 1 is 1.27 bits per heavy atom. The number of Topliss-reactive ketones (excluding diaryl/α,β-unsaturated/α-hetero) is 1. The summed E-state index contributed by atoms with van der Waals surface area (Å²) in [5, 5.41) is 2.79. The number of quaternary nitrogens is 1. The number of hydrogen-bond donors (Lipinski definition) is 2. The Balaban J connectivity index is 1.67. The molecule has 0 saturated carbocycles. The lowest BCUT2D eigenvalue weighted by atomic mass is 10.1. The van der Waals surface area contributed by atoms with Gasteiger partial charge in [0.1, 0.15) is 12.4 Å². The van der Waals surface area contributed by atoms with Crippen molar-refractivity contribution in [2.24, 2.45) is 0 Å². The molecule has 1 saturated heterocycles. The zero-order chi connectivity index (χ0) is 18.7. The van der Waals surface area contributed by atoms with Crippen LogP contribution in [0.3, 0.4) is 0 Å². The van der Waals surface area contributed by atoms with Crippen LogP contribution in [-0.2, 0) is 17.8 Å². The van der Waals surface area contributed by atoms with Gasteiger partial charge in [-0.3, -0.25) is 9.59 Å². The summed E-state index contributed by atoms with van der Waals surface area (Å²) in [7, 11) is 0. The highest BCUT2D eigenvalue weighted by atomic mass is 19.1. The van der Waals surface area contributed by atoms with Crippen molar-refractivity contribution in [1.29, 1.82) is 0 Å². The summed E-state index contributed by atoms with van der Waals surface area (Å²) in [6, 6.07) is 8.46. The fourth-order valence-electron chi connectivity index (χ4n) is 3.55. The molecule has 1 atom stereocenters. The fourth-order valence-corrected chi connectivity index (χ4v) is 3.55. The van der Waals surface area contributed by atoms with E-state index in [9.17, 15) is 14.0 Å². The maximum absolute atomic E-state index is 13.0. The number of hydrogen-bond acceptors (Lipinski definition) is 2. The Labute approximate surface area is 152 Å². The molecule has 0 spiro atoms. The molecule has 0 aliphatic carbocycles. The van der Waals surface area contributed by atoms with Crippen molar-refractivity contribution in [2.75, 3.05) is 26.2 Å². The van der Waals surface area contributed by atoms with E-state index in [0.717, 1.165) is 46.9 Å². The number of benzene rings is 1. The molecular formula is C20H25FN3O2+. The molecule has 6 heteroatoms. The molecule has 2 heterocycles. The first-order valence-corrected chi connectivity index (χ1v) is 8.98. The van der Waals surface area contributed by atoms with E-state index in [-0.39, 0.29) is 17.5 Å². The summed E-state index contributed by atoms with van der Waals surface area (Å²) in [6.45, 7) is 6.80. The number of aromatic nitrogens is 1. The van der Waals surface area contributed by atoms with Crippen LogP contribution < -0.4 is 10.2 Å². The van der Waals surface area contributed by atoms with Crippen molar-refractivity contribution in [2.45, 2.75) is 26.8 Å². The van der Waals surface area contributed by atoms with Gasteiger partial charge in [-0.1, -0.05) is 12.1 Å². The molecule has 0 bridgehead atoms. The van der Waals surface area contributed by atoms with Gasteiger partial charge in [0.25, 0.3) is 5.91 Å². The highest BCUT2D eigenvalue weighted by molar-refractivity contribution is 5.98. The van der Waals surface area contributed by atoms with Crippen molar-refractivity contribution >= 4 is 11.7 Å². The summed E-state index contributed by atoms with van der Waals surface area (Å²) in [5.41, 5.74) is 3.80. The molecule has 1 aliphatic heterocycles. The van der Waals surface area contributed by atoms with Gasteiger partial charge < -0.3 is 14.8 Å². The first-order valence-electron chi connectivity index (χ1n) is 8.98. The fraction of sp³-hybridized carbons (Fsp3) is 0.400. The van der Waals surface area contributed by atoms with Crippen molar-refractivity contribution < 1.29 is 18.9 Å². The number of carbonyl (C=O) groups excluding carboxylic acids is 2. The average Bonchev–Trinajstić information content (AvgIpc) is 2.89. The quantitative estimate of drug-likeness (QED) is 0.747. The number of nitrogens with one attached hydrogen (secondary N) is 2. The molecule has 5 nitrogen and oxygen atoms in total. The lowest BCUT2D eigenvalue weighted by molar-refractivity contribution is -0.884. The first-order chi connectivity index (χ1) is 12.4. The van der Waals surface area contributed by atoms with Gasteiger partial charge in [0.15, 0.2) is 6.54 Å². The van der Waals surface area contributed by atoms with E-state index in [1.165, 1.54) is 12.1 Å². The molecule has 1 aromatic carbocycles. The summed E-state index contributed by atoms with van der Waals surface area (Å²) < 4.78 is 15.2. The van der Waals surface area contributed by atoms with Crippen LogP contribution in [0.25, 0.3) is 0 Å². The number of nitrogens with zero attached hydrogens (tertiary/aromatic N) is 1. The summed E-state index contributed by atoms with van der Waals surface area (Å²) in [4.78, 5) is 25.2. The highest BCUT2D eigenvalue weighted by Gasteiger charge is 2.24. The molecule has 2 aromatic rings. The first kappa shape index (κ1) is 18.3. The van der Waals surface area contributed by atoms with E-state index in [1.807, 2.05) is 19.9 Å². The second-order valence-corrected chi connectivity index (χ2v) is 6.94. The normalized spacial score (nSPS) is 17.2. The molecular weight excluding hydrogens is 333 g/mol. The topological polar surface area (TPSA) is 55.5 Å². The molecule has 0 radical (unpaired) electrons. The number of halogens is 1. The van der Waals surface area contributed by atoms with Gasteiger partial charge in [-0.15, -0.1) is 0 Å². The molecule has 26 heavy (non-hydrogen) atoms. The summed E-state index contributed by atoms with van der Waals surface area (Å²) in [5.74, 6) is -0.150. The average molecular weight is 358 g/mol. The van der Waals surface area contributed by atoms with Crippen molar-refractivity contribution in [3.8, 4) is 0 Å². The molecule has 1 aromatic heterocycles. The zero-order valence-electron chi connectivity index (χ0n) is 15.3. The molecule has 3 rings (SSSR count). The Morgan fingerprint density at radius 3 is 2.69 bits per heavy atom. The van der Waals surface area contributed by atoms with Gasteiger partial charge in [0.05, 0.1) is 13.1 Å². The van der Waals surface area contributed by atoms with Gasteiger partial charge >= 0.3 is 0 Å². The van der Waals surface area contributed by atoms with Gasteiger partial charge in [-0.2, -0.15) is 0 Å². The van der Waals surface area contributed by atoms with E-state index in [0.29, 0.717) is 19.6 Å². The molecule has 1 fully saturated rings. The summed E-state index contributed by atoms with van der Waals surface area (Å²) in [6.07, 6.45) is 0.780. The predicted octanol–water partition coefficient (Wildman–Crippen LogP) is 0.684. The van der Waals surface area contributed by atoms with Crippen LogP contribution in [0.1, 0.15) is 27.3 Å². The molecule has 1 unspecified atom stereocenters. The minimum atomic E-state index is -0.233. The Hall–Kier alpha value is -2.47. The lowest BCUT2D eigenvalue weighted by Crippen LogP contribution is -3.16. The van der Waals surface area contributed by atoms with E-state index in [4.69, 9.17) is 0 Å². The number of rotatable bonds is 6. The molecule has 2 N–H and O–H groups in total. The largest absolute Gasteiger partial charge is 0.348 e. The van der Waals surface area contributed by atoms with Gasteiger partial charge in [0.2, 0.25) is 5.78 Å². The van der Waals surface area contributed by atoms with Crippen molar-refractivity contribution in [3.63, 3.8) is 0 Å². The minimum absolute atomic E-state index is 0.00354. The predicted molar refractivity (Wildman–Crippen MR) is 96.9 cm³/mol. The third-order valence-electron chi connectivity index (χ3n) is 5.03. The highest BCUT2D eigenvalue weighted by Crippen LogP contribution is 2.16. The number of aryl methyl sites for hydroxylation is 2. The van der Waals surface area contributed by atoms with Crippen molar-refractivity contribution in [3.05, 3.63) is 58.7 Å². The smallest absolute Gasteiger partial charge is 0.275 e.